The molecule has 2 aromatic rings. The third-order valence-corrected chi connectivity index (χ3v) is 3.50. The predicted molar refractivity (Wildman–Crippen MR) is 74.4 cm³/mol. The highest BCUT2D eigenvalue weighted by Gasteiger charge is 2.06. The first kappa shape index (κ1) is 12.9. The maximum Gasteiger partial charge on any atom is 0.141 e. The van der Waals surface area contributed by atoms with Gasteiger partial charge in [0, 0.05) is 6.54 Å². The van der Waals surface area contributed by atoms with Crippen molar-refractivity contribution in [3.63, 3.8) is 0 Å². The minimum atomic E-state index is -0.255. The molecule has 94 valence electrons. The van der Waals surface area contributed by atoms with E-state index in [4.69, 9.17) is 4.74 Å². The smallest absolute Gasteiger partial charge is 0.141 e. The first-order valence-electron chi connectivity index (χ1n) is 5.52. The first-order chi connectivity index (χ1) is 8.72. The van der Waals surface area contributed by atoms with Crippen LogP contribution < -0.4 is 10.1 Å². The van der Waals surface area contributed by atoms with Crippen LogP contribution in [0.5, 0.6) is 5.75 Å². The molecule has 0 unspecified atom stereocenters. The van der Waals surface area contributed by atoms with Gasteiger partial charge < -0.3 is 10.1 Å². The average Bonchev–Trinajstić information content (AvgIpc) is 2.41. The fourth-order valence-electron chi connectivity index (χ4n) is 1.67. The number of hydrogen-bond donors (Lipinski definition) is 1. The van der Waals surface area contributed by atoms with Gasteiger partial charge in [0.05, 0.1) is 17.3 Å². The Morgan fingerprint density at radius 1 is 1.17 bits per heavy atom. The Labute approximate surface area is 114 Å². The molecule has 0 saturated carbocycles. The van der Waals surface area contributed by atoms with Gasteiger partial charge in [0.1, 0.15) is 11.6 Å². The second-order valence-corrected chi connectivity index (χ2v) is 4.56. The zero-order chi connectivity index (χ0) is 13.0. The van der Waals surface area contributed by atoms with E-state index in [0.717, 1.165) is 17.0 Å². The topological polar surface area (TPSA) is 21.3 Å². The van der Waals surface area contributed by atoms with Crippen molar-refractivity contribution in [1.29, 1.82) is 0 Å². The second kappa shape index (κ2) is 5.87. The van der Waals surface area contributed by atoms with Crippen LogP contribution in [0.25, 0.3) is 0 Å². The van der Waals surface area contributed by atoms with E-state index >= 15 is 0 Å². The number of hydrogen-bond acceptors (Lipinski definition) is 2. The summed E-state index contributed by atoms with van der Waals surface area (Å²) in [7, 11) is 1.62. The Kier molecular flexibility index (Phi) is 4.20. The number of ether oxygens (including phenoxy) is 1. The molecule has 1 N–H and O–H groups in total. The lowest BCUT2D eigenvalue weighted by atomic mass is 10.2. The Hall–Kier alpha value is -1.55. The molecule has 0 aromatic heterocycles. The number of rotatable bonds is 4. The molecule has 0 atom stereocenters. The van der Waals surface area contributed by atoms with E-state index in [2.05, 4.69) is 21.2 Å². The monoisotopic (exact) mass is 309 g/mol. The van der Waals surface area contributed by atoms with Crippen molar-refractivity contribution in [2.24, 2.45) is 0 Å². The maximum absolute atomic E-state index is 13.4. The standard InChI is InChI=1S/C14H13BrFNO/c1-18-13-8-3-2-7-12(13)17-9-10-5-4-6-11(16)14(10)15/h2-8,17H,9H2,1H3. The van der Waals surface area contributed by atoms with E-state index < -0.39 is 0 Å². The quantitative estimate of drug-likeness (QED) is 0.913. The predicted octanol–water partition coefficient (Wildman–Crippen LogP) is 4.21. The Balaban J connectivity index is 2.14. The zero-order valence-electron chi connectivity index (χ0n) is 9.91. The Morgan fingerprint density at radius 2 is 1.94 bits per heavy atom. The van der Waals surface area contributed by atoms with Crippen LogP contribution in [0.15, 0.2) is 46.9 Å². The van der Waals surface area contributed by atoms with E-state index in [9.17, 15) is 4.39 Å². The van der Waals surface area contributed by atoms with Gasteiger partial charge in [0.2, 0.25) is 0 Å². The van der Waals surface area contributed by atoms with E-state index in [1.165, 1.54) is 6.07 Å². The molecular weight excluding hydrogens is 297 g/mol. The molecule has 0 spiro atoms. The van der Waals surface area contributed by atoms with Crippen molar-refractivity contribution in [2.45, 2.75) is 6.54 Å². The Morgan fingerprint density at radius 3 is 2.72 bits per heavy atom. The van der Waals surface area contributed by atoms with Crippen molar-refractivity contribution in [3.8, 4) is 5.75 Å². The molecule has 2 aromatic carbocycles. The molecular formula is C14H13BrFNO. The third kappa shape index (κ3) is 2.82. The largest absolute Gasteiger partial charge is 0.495 e. The normalized spacial score (nSPS) is 10.2. The molecule has 0 saturated heterocycles. The van der Waals surface area contributed by atoms with Crippen LogP contribution in [0.4, 0.5) is 10.1 Å². The molecule has 0 bridgehead atoms. The number of benzene rings is 2. The fourth-order valence-corrected chi connectivity index (χ4v) is 2.07. The van der Waals surface area contributed by atoms with Crippen LogP contribution >= 0.6 is 15.9 Å². The highest BCUT2D eigenvalue weighted by molar-refractivity contribution is 9.10. The number of para-hydroxylation sites is 2. The van der Waals surface area contributed by atoms with Gasteiger partial charge >= 0.3 is 0 Å². The van der Waals surface area contributed by atoms with Gasteiger partial charge in [-0.15, -0.1) is 0 Å². The molecule has 0 fully saturated rings. The van der Waals surface area contributed by atoms with E-state index in [0.29, 0.717) is 11.0 Å². The molecule has 2 nitrogen and oxygen atoms in total. The maximum atomic E-state index is 13.4. The average molecular weight is 310 g/mol. The van der Waals surface area contributed by atoms with Crippen LogP contribution in [0.1, 0.15) is 5.56 Å². The zero-order valence-corrected chi connectivity index (χ0v) is 11.5. The summed E-state index contributed by atoms with van der Waals surface area (Å²) in [6.07, 6.45) is 0. The van der Waals surface area contributed by atoms with Gasteiger partial charge in [-0.1, -0.05) is 24.3 Å². The summed E-state index contributed by atoms with van der Waals surface area (Å²) in [6.45, 7) is 0.527. The van der Waals surface area contributed by atoms with Crippen molar-refractivity contribution < 1.29 is 9.13 Å². The van der Waals surface area contributed by atoms with Crippen molar-refractivity contribution in [3.05, 3.63) is 58.3 Å². The highest BCUT2D eigenvalue weighted by Crippen LogP contribution is 2.26. The molecule has 0 amide bonds. The molecule has 2 rings (SSSR count). The summed E-state index contributed by atoms with van der Waals surface area (Å²) in [5.74, 6) is 0.513. The fraction of sp³-hybridized carbons (Fsp3) is 0.143. The van der Waals surface area contributed by atoms with Crippen molar-refractivity contribution >= 4 is 21.6 Å². The third-order valence-electron chi connectivity index (χ3n) is 2.61. The number of methoxy groups -OCH3 is 1. The van der Waals surface area contributed by atoms with Crippen LogP contribution in [0, 0.1) is 5.82 Å². The number of anilines is 1. The highest BCUT2D eigenvalue weighted by atomic mass is 79.9. The van der Waals surface area contributed by atoms with E-state index in [1.54, 1.807) is 13.2 Å². The molecule has 18 heavy (non-hydrogen) atoms. The van der Waals surface area contributed by atoms with Gasteiger partial charge in [-0.3, -0.25) is 0 Å². The molecule has 0 aliphatic rings. The minimum absolute atomic E-state index is 0.255. The molecule has 0 aliphatic carbocycles. The van der Waals surface area contributed by atoms with Gasteiger partial charge in [0.25, 0.3) is 0 Å². The van der Waals surface area contributed by atoms with Crippen molar-refractivity contribution in [1.82, 2.24) is 0 Å². The summed E-state index contributed by atoms with van der Waals surface area (Å²) in [4.78, 5) is 0. The lowest BCUT2D eigenvalue weighted by molar-refractivity contribution is 0.416. The SMILES string of the molecule is COc1ccccc1NCc1cccc(F)c1Br. The van der Waals surface area contributed by atoms with Gasteiger partial charge in [-0.2, -0.15) is 0 Å². The summed E-state index contributed by atoms with van der Waals surface area (Å²) in [6, 6.07) is 12.6. The molecule has 4 heteroatoms. The summed E-state index contributed by atoms with van der Waals surface area (Å²) in [5.41, 5.74) is 1.75. The van der Waals surface area contributed by atoms with Crippen LogP contribution in [-0.2, 0) is 6.54 Å². The van der Waals surface area contributed by atoms with Gasteiger partial charge in [-0.05, 0) is 39.7 Å². The molecule has 0 aliphatic heterocycles. The Bertz CT molecular complexity index is 545. The van der Waals surface area contributed by atoms with Gasteiger partial charge in [-0.25, -0.2) is 4.39 Å². The van der Waals surface area contributed by atoms with Crippen LogP contribution in [-0.4, -0.2) is 7.11 Å². The minimum Gasteiger partial charge on any atom is -0.495 e. The lowest BCUT2D eigenvalue weighted by Gasteiger charge is -2.12. The van der Waals surface area contributed by atoms with Crippen LogP contribution in [0.3, 0.4) is 0 Å². The van der Waals surface area contributed by atoms with E-state index in [-0.39, 0.29) is 5.82 Å². The second-order valence-electron chi connectivity index (χ2n) is 3.77. The first-order valence-corrected chi connectivity index (χ1v) is 6.31. The van der Waals surface area contributed by atoms with Gasteiger partial charge in [0.15, 0.2) is 0 Å². The number of halogens is 2. The van der Waals surface area contributed by atoms with Crippen LogP contribution in [0.2, 0.25) is 0 Å². The molecule has 0 heterocycles. The summed E-state index contributed by atoms with van der Waals surface area (Å²) >= 11 is 3.24. The summed E-state index contributed by atoms with van der Waals surface area (Å²) in [5, 5.41) is 3.23. The lowest BCUT2D eigenvalue weighted by Crippen LogP contribution is -2.02. The van der Waals surface area contributed by atoms with E-state index in [1.807, 2.05) is 30.3 Å². The molecule has 0 radical (unpaired) electrons. The summed E-state index contributed by atoms with van der Waals surface area (Å²) < 4.78 is 19.1. The van der Waals surface area contributed by atoms with Crippen molar-refractivity contribution in [2.75, 3.05) is 12.4 Å². The number of nitrogens with one attached hydrogen (secondary N) is 1.